The van der Waals surface area contributed by atoms with Crippen molar-refractivity contribution in [2.75, 3.05) is 11.0 Å². The van der Waals surface area contributed by atoms with Crippen molar-refractivity contribution in [2.24, 2.45) is 13.0 Å². The molecule has 0 spiro atoms. The largest absolute Gasteiger partial charge is 0.344 e. The minimum Gasteiger partial charge on any atom is -0.344 e. The summed E-state index contributed by atoms with van der Waals surface area (Å²) in [5.74, 6) is -9.27. The number of nitrogens with one attached hydrogen (secondary N) is 2. The molecule has 0 aliphatic heterocycles. The maximum Gasteiger partial charge on any atom is 0.293 e. The fourth-order valence-electron chi connectivity index (χ4n) is 7.53. The van der Waals surface area contributed by atoms with E-state index in [1.807, 2.05) is 6.07 Å². The van der Waals surface area contributed by atoms with E-state index in [9.17, 15) is 40.8 Å². The van der Waals surface area contributed by atoms with Crippen LogP contribution in [0.5, 0.6) is 0 Å². The number of anilines is 1. The van der Waals surface area contributed by atoms with Crippen molar-refractivity contribution in [3.8, 4) is 11.8 Å². The second-order valence-corrected chi connectivity index (χ2v) is 15.9. The molecule has 2 N–H and O–H groups in total. The molecule has 22 heteroatoms. The van der Waals surface area contributed by atoms with Gasteiger partial charge in [0.15, 0.2) is 11.5 Å². The van der Waals surface area contributed by atoms with Crippen LogP contribution in [0.15, 0.2) is 47.4 Å². The second-order valence-electron chi connectivity index (χ2n) is 13.7. The summed E-state index contributed by atoms with van der Waals surface area (Å²) in [5, 5.41) is 19.9. The second kappa shape index (κ2) is 13.3. The maximum absolute atomic E-state index is 15.4. The van der Waals surface area contributed by atoms with Crippen molar-refractivity contribution in [1.29, 1.82) is 5.26 Å². The van der Waals surface area contributed by atoms with Gasteiger partial charge in [-0.05, 0) is 48.2 Å². The number of nitrogens with zero attached hydrogens (tertiary/aromatic N) is 8. The highest BCUT2D eigenvalue weighted by Gasteiger charge is 2.67. The topological polar surface area (TPSA) is 182 Å². The lowest BCUT2D eigenvalue weighted by atomic mass is 10.0. The van der Waals surface area contributed by atoms with Crippen LogP contribution in [0.3, 0.4) is 0 Å². The zero-order chi connectivity index (χ0) is 40.9. The van der Waals surface area contributed by atoms with Crippen LogP contribution in [0.1, 0.15) is 58.7 Å². The molecule has 3 atom stereocenters. The average molecular weight is 831 g/mol. The Balaban J connectivity index is 1.33. The lowest BCUT2D eigenvalue weighted by Gasteiger charge is -2.24. The summed E-state index contributed by atoms with van der Waals surface area (Å²) >= 11 is 6.54. The number of halogens is 7. The van der Waals surface area contributed by atoms with Gasteiger partial charge in [0.25, 0.3) is 17.9 Å². The van der Waals surface area contributed by atoms with Gasteiger partial charge in [0, 0.05) is 37.2 Å². The number of carbonyl (C=O) groups excluding carboxylic acids is 1. The van der Waals surface area contributed by atoms with Crippen molar-refractivity contribution in [1.82, 2.24) is 39.4 Å². The Hall–Kier alpha value is -6.01. The highest BCUT2D eigenvalue weighted by Crippen LogP contribution is 2.68. The number of hydrogen-bond acceptors (Lipinski definition) is 9. The van der Waals surface area contributed by atoms with E-state index in [1.165, 1.54) is 29.9 Å². The third-order valence-corrected chi connectivity index (χ3v) is 10.7. The number of pyridine rings is 1. The Bertz CT molecular complexity index is 2910. The first-order valence-electron chi connectivity index (χ1n) is 16.8. The minimum absolute atomic E-state index is 0.00534. The van der Waals surface area contributed by atoms with Crippen LogP contribution in [0.4, 0.5) is 32.2 Å². The summed E-state index contributed by atoms with van der Waals surface area (Å²) < 4.78 is 117. The molecule has 8 rings (SSSR count). The number of hydrogen-bond donors (Lipinski definition) is 2. The minimum atomic E-state index is -3.92. The van der Waals surface area contributed by atoms with Gasteiger partial charge in [-0.2, -0.15) is 24.2 Å². The normalized spacial score (nSPS) is 17.4. The van der Waals surface area contributed by atoms with Crippen LogP contribution in [0.25, 0.3) is 27.6 Å². The maximum atomic E-state index is 15.4. The monoisotopic (exact) mass is 830 g/mol. The summed E-state index contributed by atoms with van der Waals surface area (Å²) in [5.41, 5.74) is -3.23. The third kappa shape index (κ3) is 6.51. The molecule has 0 unspecified atom stereocenters. The number of fused-ring (bicyclic) bond motifs is 5. The fourth-order valence-corrected chi connectivity index (χ4v) is 8.26. The predicted octanol–water partition coefficient (Wildman–Crippen LogP) is 5.29. The van der Waals surface area contributed by atoms with Gasteiger partial charge in [0.2, 0.25) is 15.9 Å². The molecule has 57 heavy (non-hydrogen) atoms. The van der Waals surface area contributed by atoms with E-state index in [4.69, 9.17) is 11.6 Å². The first-order valence-corrected chi connectivity index (χ1v) is 19.1. The Morgan fingerprint density at radius 2 is 1.86 bits per heavy atom. The van der Waals surface area contributed by atoms with Crippen molar-refractivity contribution in [2.45, 2.75) is 43.7 Å². The van der Waals surface area contributed by atoms with Gasteiger partial charge in [-0.15, -0.1) is 0 Å². The van der Waals surface area contributed by atoms with Crippen LogP contribution in [0, 0.1) is 28.9 Å². The molecular formula is C35H25ClF6N10O4S. The van der Waals surface area contributed by atoms with E-state index in [-0.39, 0.29) is 67.4 Å². The van der Waals surface area contributed by atoms with E-state index in [0.717, 1.165) is 29.2 Å². The van der Waals surface area contributed by atoms with Gasteiger partial charge in [-0.1, -0.05) is 11.6 Å². The first-order chi connectivity index (χ1) is 26.9. The Morgan fingerprint density at radius 3 is 2.53 bits per heavy atom. The smallest absolute Gasteiger partial charge is 0.293 e. The predicted molar refractivity (Wildman–Crippen MR) is 190 cm³/mol. The number of aryl methyl sites for hydroxylation is 1. The van der Waals surface area contributed by atoms with E-state index < -0.39 is 87.7 Å². The zero-order valence-electron chi connectivity index (χ0n) is 29.2. The highest BCUT2D eigenvalue weighted by atomic mass is 35.5. The molecule has 6 aromatic rings. The van der Waals surface area contributed by atoms with E-state index >= 15 is 8.78 Å². The zero-order valence-corrected chi connectivity index (χ0v) is 30.8. The Labute approximate surface area is 321 Å². The van der Waals surface area contributed by atoms with Gasteiger partial charge < -0.3 is 5.32 Å². The van der Waals surface area contributed by atoms with Crippen LogP contribution in [-0.2, 0) is 40.8 Å². The SMILES string of the molecule is Cn1nc(NS(C)(=O)=O)c2c(Cl)ccc(-n3c([C@H](Cc4cc(F)cc(F)c4)NC(=O)Cn4nc(C(F)F)c5c4C(F)(F)[C@@H]4C[C@H]54)nc4ncc(C#N)cc4c3=O)c21. The van der Waals surface area contributed by atoms with Gasteiger partial charge in [-0.25, -0.2) is 35.9 Å². The van der Waals surface area contributed by atoms with Crippen molar-refractivity contribution >= 4 is 55.3 Å². The number of aromatic nitrogens is 7. The number of carbonyl (C=O) groups is 1. The quantitative estimate of drug-likeness (QED) is 0.174. The molecule has 2 aromatic carbocycles. The molecule has 1 saturated carbocycles. The van der Waals surface area contributed by atoms with Crippen molar-refractivity contribution < 1.29 is 39.6 Å². The van der Waals surface area contributed by atoms with Gasteiger partial charge in [-0.3, -0.25) is 28.2 Å². The van der Waals surface area contributed by atoms with Gasteiger partial charge in [0.1, 0.15) is 41.5 Å². The molecule has 294 valence electrons. The number of benzene rings is 2. The number of sulfonamides is 1. The summed E-state index contributed by atoms with van der Waals surface area (Å²) in [6, 6.07) is 6.65. The first kappa shape index (κ1) is 37.9. The Kier molecular flexibility index (Phi) is 8.84. The van der Waals surface area contributed by atoms with Crippen LogP contribution in [0.2, 0.25) is 5.02 Å². The molecule has 2 aliphatic rings. The lowest BCUT2D eigenvalue weighted by Crippen LogP contribution is -2.38. The molecule has 0 radical (unpaired) electrons. The van der Waals surface area contributed by atoms with Gasteiger partial charge >= 0.3 is 0 Å². The molecular weight excluding hydrogens is 806 g/mol. The summed E-state index contributed by atoms with van der Waals surface area (Å²) in [7, 11) is -2.51. The fraction of sp³-hybridized carbons (Fsp3) is 0.286. The van der Waals surface area contributed by atoms with E-state index in [1.54, 1.807) is 0 Å². The van der Waals surface area contributed by atoms with E-state index in [2.05, 4.69) is 30.2 Å². The Morgan fingerprint density at radius 1 is 1.14 bits per heavy atom. The molecule has 0 bridgehead atoms. The number of alkyl halides is 4. The van der Waals surface area contributed by atoms with E-state index in [0.29, 0.717) is 10.7 Å². The number of nitriles is 1. The molecule has 2 aliphatic carbocycles. The average Bonchev–Trinajstić information content (AvgIpc) is 3.66. The summed E-state index contributed by atoms with van der Waals surface area (Å²) in [6.07, 6.45) is -1.74. The highest BCUT2D eigenvalue weighted by molar-refractivity contribution is 7.92. The molecule has 4 aromatic heterocycles. The molecule has 1 fully saturated rings. The van der Waals surface area contributed by atoms with Crippen molar-refractivity contribution in [3.05, 3.63) is 104 Å². The molecule has 4 heterocycles. The summed E-state index contributed by atoms with van der Waals surface area (Å²) in [6.45, 7) is -1.01. The summed E-state index contributed by atoms with van der Waals surface area (Å²) in [4.78, 5) is 37.2. The molecule has 14 nitrogen and oxygen atoms in total. The van der Waals surface area contributed by atoms with Crippen LogP contribution < -0.4 is 15.6 Å². The molecule has 1 amide bonds. The van der Waals surface area contributed by atoms with Crippen LogP contribution >= 0.6 is 11.6 Å². The lowest BCUT2D eigenvalue weighted by molar-refractivity contribution is -0.123. The molecule has 0 saturated heterocycles. The van der Waals surface area contributed by atoms with Crippen molar-refractivity contribution in [3.63, 3.8) is 0 Å². The standard InChI is InChI=1S/C35H25ClF6N10O4S/c1-50-28-23(4-3-21(36)26(28)32(48-50)49-57(2,55)56)52-33(46-31-19(34(52)54)7-15(11-43)12-44-31)22(8-14-5-16(37)9-17(38)6-14)45-24(53)13-51-29-25(27(47-51)30(39)40)18-10-20(18)35(29,41)42/h3-7,9,12,18,20,22,30H,8,10,13H2,1-2H3,(H,45,53)(H,48,49)/t18-,20+,22-/m0/s1. The van der Waals surface area contributed by atoms with Gasteiger partial charge in [0.05, 0.1) is 44.9 Å². The van der Waals surface area contributed by atoms with Crippen LogP contribution in [-0.4, -0.2) is 54.7 Å². The number of amides is 1. The third-order valence-electron chi connectivity index (χ3n) is 9.79. The number of rotatable bonds is 10.